The summed E-state index contributed by atoms with van der Waals surface area (Å²) in [6, 6.07) is 13.8. The molecule has 0 unspecified atom stereocenters. The number of amides is 2. The van der Waals surface area contributed by atoms with Crippen LogP contribution in [0.4, 0.5) is 11.4 Å². The third-order valence-electron chi connectivity index (χ3n) is 4.50. The lowest BCUT2D eigenvalue weighted by molar-refractivity contribution is -0.125. The van der Waals surface area contributed by atoms with Gasteiger partial charge in [-0.05, 0) is 42.5 Å². The van der Waals surface area contributed by atoms with E-state index in [2.05, 4.69) is 12.2 Å². The van der Waals surface area contributed by atoms with Gasteiger partial charge in [0.15, 0.2) is 0 Å². The van der Waals surface area contributed by atoms with Crippen molar-refractivity contribution in [3.05, 3.63) is 59.2 Å². The molecule has 0 radical (unpaired) electrons. The lowest BCUT2D eigenvalue weighted by Crippen LogP contribution is -2.32. The van der Waals surface area contributed by atoms with Crippen molar-refractivity contribution < 1.29 is 9.59 Å². The number of carbonyl (C=O) groups is 2. The summed E-state index contributed by atoms with van der Waals surface area (Å²) in [5.74, 6) is -0.405. The maximum atomic E-state index is 12.5. The van der Waals surface area contributed by atoms with E-state index in [0.29, 0.717) is 6.54 Å². The first-order valence-corrected chi connectivity index (χ1v) is 8.36. The summed E-state index contributed by atoms with van der Waals surface area (Å²) in [5.41, 5.74) is 5.03. The molecule has 124 valence electrons. The van der Waals surface area contributed by atoms with Crippen LogP contribution in [0.5, 0.6) is 0 Å². The number of para-hydroxylation sites is 2. The molecule has 1 N–H and O–H groups in total. The molecular weight excluding hydrogens is 300 g/mol. The first-order valence-electron chi connectivity index (χ1n) is 8.36. The Morgan fingerprint density at radius 1 is 1.12 bits per heavy atom. The quantitative estimate of drug-likeness (QED) is 0.876. The lowest BCUT2D eigenvalue weighted by atomic mass is 10.1. The van der Waals surface area contributed by atoms with Gasteiger partial charge in [0.25, 0.3) is 0 Å². The molecular formula is C20H22N2O2. The fourth-order valence-electron chi connectivity index (χ4n) is 3.22. The minimum absolute atomic E-state index is 0.133. The smallest absolute Gasteiger partial charge is 0.236 e. The van der Waals surface area contributed by atoms with E-state index in [1.54, 1.807) is 4.90 Å². The van der Waals surface area contributed by atoms with Gasteiger partial charge >= 0.3 is 0 Å². The van der Waals surface area contributed by atoms with Gasteiger partial charge in [0.2, 0.25) is 11.8 Å². The highest BCUT2D eigenvalue weighted by molar-refractivity contribution is 6.10. The average Bonchev–Trinajstić information content (AvgIpc) is 3.00. The second-order valence-electron chi connectivity index (χ2n) is 6.11. The van der Waals surface area contributed by atoms with Crippen LogP contribution in [-0.4, -0.2) is 18.4 Å². The fourth-order valence-corrected chi connectivity index (χ4v) is 3.22. The van der Waals surface area contributed by atoms with E-state index in [-0.39, 0.29) is 18.2 Å². The van der Waals surface area contributed by atoms with Gasteiger partial charge in [-0.15, -0.1) is 0 Å². The zero-order chi connectivity index (χ0) is 17.1. The number of nitrogens with one attached hydrogen (secondary N) is 1. The van der Waals surface area contributed by atoms with E-state index >= 15 is 0 Å². The highest BCUT2D eigenvalue weighted by Gasteiger charge is 2.25. The molecule has 1 heterocycles. The molecule has 2 aromatic carbocycles. The summed E-state index contributed by atoms with van der Waals surface area (Å²) in [5, 5.41) is 2.92. The standard InChI is InChI=1S/C20H22N2O2/c1-3-15-9-6-7-14(2)20(15)21-18(23)13-19(24)22-12-11-16-8-4-5-10-17(16)22/h4-10H,3,11-13H2,1-2H3,(H,21,23). The topological polar surface area (TPSA) is 49.4 Å². The molecule has 0 atom stereocenters. The number of fused-ring (bicyclic) bond motifs is 1. The van der Waals surface area contributed by atoms with Crippen LogP contribution in [0.1, 0.15) is 30.0 Å². The molecule has 0 bridgehead atoms. The van der Waals surface area contributed by atoms with Gasteiger partial charge in [-0.1, -0.05) is 43.3 Å². The van der Waals surface area contributed by atoms with Gasteiger partial charge in [-0.2, -0.15) is 0 Å². The third-order valence-corrected chi connectivity index (χ3v) is 4.50. The van der Waals surface area contributed by atoms with Gasteiger partial charge in [-0.3, -0.25) is 9.59 Å². The second-order valence-corrected chi connectivity index (χ2v) is 6.11. The second kappa shape index (κ2) is 6.87. The van der Waals surface area contributed by atoms with E-state index in [4.69, 9.17) is 0 Å². The van der Waals surface area contributed by atoms with E-state index in [1.807, 2.05) is 49.4 Å². The Kier molecular flexibility index (Phi) is 4.65. The Balaban J connectivity index is 1.69. The van der Waals surface area contributed by atoms with Crippen molar-refractivity contribution >= 4 is 23.2 Å². The SMILES string of the molecule is CCc1cccc(C)c1NC(=O)CC(=O)N1CCc2ccccc21. The van der Waals surface area contributed by atoms with E-state index in [0.717, 1.165) is 35.3 Å². The highest BCUT2D eigenvalue weighted by atomic mass is 16.2. The number of benzene rings is 2. The Hall–Kier alpha value is -2.62. The lowest BCUT2D eigenvalue weighted by Gasteiger charge is -2.18. The van der Waals surface area contributed by atoms with Gasteiger partial charge in [0.05, 0.1) is 0 Å². The molecule has 0 fully saturated rings. The Morgan fingerprint density at radius 3 is 2.71 bits per heavy atom. The molecule has 1 aliphatic heterocycles. The van der Waals surface area contributed by atoms with Crippen LogP contribution in [0.2, 0.25) is 0 Å². The maximum absolute atomic E-state index is 12.5. The molecule has 2 aromatic rings. The molecule has 0 aliphatic carbocycles. The van der Waals surface area contributed by atoms with E-state index in [1.165, 1.54) is 5.56 Å². The fraction of sp³-hybridized carbons (Fsp3) is 0.300. The summed E-state index contributed by atoms with van der Waals surface area (Å²) in [4.78, 5) is 26.6. The van der Waals surface area contributed by atoms with Crippen LogP contribution in [-0.2, 0) is 22.4 Å². The number of hydrogen-bond acceptors (Lipinski definition) is 2. The molecule has 4 nitrogen and oxygen atoms in total. The van der Waals surface area contributed by atoms with Gasteiger partial charge in [0.1, 0.15) is 6.42 Å². The third kappa shape index (κ3) is 3.18. The van der Waals surface area contributed by atoms with Crippen molar-refractivity contribution in [3.8, 4) is 0 Å². The van der Waals surface area contributed by atoms with Gasteiger partial charge in [0, 0.05) is 17.9 Å². The van der Waals surface area contributed by atoms with Crippen LogP contribution in [0.15, 0.2) is 42.5 Å². The number of hydrogen-bond donors (Lipinski definition) is 1. The summed E-state index contributed by atoms with van der Waals surface area (Å²) in [7, 11) is 0. The predicted molar refractivity (Wildman–Crippen MR) is 96.3 cm³/mol. The van der Waals surface area contributed by atoms with Gasteiger partial charge in [-0.25, -0.2) is 0 Å². The predicted octanol–water partition coefficient (Wildman–Crippen LogP) is 3.48. The molecule has 3 rings (SSSR count). The van der Waals surface area contributed by atoms with E-state index in [9.17, 15) is 9.59 Å². The summed E-state index contributed by atoms with van der Waals surface area (Å²) < 4.78 is 0. The number of carbonyl (C=O) groups excluding carboxylic acids is 2. The number of nitrogens with zero attached hydrogens (tertiary/aromatic N) is 1. The zero-order valence-electron chi connectivity index (χ0n) is 14.1. The summed E-state index contributed by atoms with van der Waals surface area (Å²) in [6.07, 6.45) is 1.55. The molecule has 0 spiro atoms. The first-order chi connectivity index (χ1) is 11.6. The largest absolute Gasteiger partial charge is 0.325 e. The summed E-state index contributed by atoms with van der Waals surface area (Å²) in [6.45, 7) is 4.67. The zero-order valence-corrected chi connectivity index (χ0v) is 14.1. The molecule has 0 aromatic heterocycles. The minimum Gasteiger partial charge on any atom is -0.325 e. The molecule has 24 heavy (non-hydrogen) atoms. The highest BCUT2D eigenvalue weighted by Crippen LogP contribution is 2.28. The number of anilines is 2. The monoisotopic (exact) mass is 322 g/mol. The average molecular weight is 322 g/mol. The summed E-state index contributed by atoms with van der Waals surface area (Å²) >= 11 is 0. The molecule has 1 aliphatic rings. The Labute approximate surface area is 142 Å². The van der Waals surface area contributed by atoms with Gasteiger partial charge < -0.3 is 10.2 Å². The van der Waals surface area contributed by atoms with Crippen LogP contribution in [0.25, 0.3) is 0 Å². The molecule has 2 amide bonds. The van der Waals surface area contributed by atoms with Crippen LogP contribution in [0, 0.1) is 6.92 Å². The molecule has 4 heteroatoms. The van der Waals surface area contributed by atoms with Crippen molar-refractivity contribution in [3.63, 3.8) is 0 Å². The van der Waals surface area contributed by atoms with Crippen LogP contribution < -0.4 is 10.2 Å². The first kappa shape index (κ1) is 16.2. The Bertz CT molecular complexity index is 783. The van der Waals surface area contributed by atoms with Crippen molar-refractivity contribution in [2.45, 2.75) is 33.1 Å². The maximum Gasteiger partial charge on any atom is 0.236 e. The van der Waals surface area contributed by atoms with Crippen molar-refractivity contribution in [2.24, 2.45) is 0 Å². The number of rotatable bonds is 4. The van der Waals surface area contributed by atoms with Crippen LogP contribution >= 0.6 is 0 Å². The van der Waals surface area contributed by atoms with Crippen molar-refractivity contribution in [1.29, 1.82) is 0 Å². The number of aryl methyl sites for hydroxylation is 2. The van der Waals surface area contributed by atoms with Crippen molar-refractivity contribution in [1.82, 2.24) is 0 Å². The van der Waals surface area contributed by atoms with Crippen molar-refractivity contribution in [2.75, 3.05) is 16.8 Å². The molecule has 0 saturated heterocycles. The van der Waals surface area contributed by atoms with Crippen LogP contribution in [0.3, 0.4) is 0 Å². The van der Waals surface area contributed by atoms with E-state index < -0.39 is 0 Å². The normalized spacial score (nSPS) is 12.8. The Morgan fingerprint density at radius 2 is 1.92 bits per heavy atom. The minimum atomic E-state index is -0.256. The molecule has 0 saturated carbocycles.